The summed E-state index contributed by atoms with van der Waals surface area (Å²) < 4.78 is 28.3. The lowest BCUT2D eigenvalue weighted by atomic mass is 9.99. The molecule has 2 heterocycles. The first-order valence-corrected chi connectivity index (χ1v) is 11.8. The van der Waals surface area contributed by atoms with Gasteiger partial charge in [-0.1, -0.05) is 43.7 Å². The average Bonchev–Trinajstić information content (AvgIpc) is 2.89. The van der Waals surface area contributed by atoms with Crippen LogP contribution in [0.15, 0.2) is 57.7 Å². The molecule has 10 heteroatoms. The highest BCUT2D eigenvalue weighted by molar-refractivity contribution is 5.86. The minimum Gasteiger partial charge on any atom is -0.493 e. The van der Waals surface area contributed by atoms with Crippen molar-refractivity contribution in [2.45, 2.75) is 57.1 Å². The normalized spacial score (nSPS) is 24.0. The van der Waals surface area contributed by atoms with Crippen molar-refractivity contribution in [3.05, 3.63) is 64.5 Å². The molecule has 2 aromatic carbocycles. The molecule has 0 saturated carbocycles. The van der Waals surface area contributed by atoms with Crippen LogP contribution in [0.25, 0.3) is 11.0 Å². The van der Waals surface area contributed by atoms with Crippen molar-refractivity contribution in [3.63, 3.8) is 0 Å². The van der Waals surface area contributed by atoms with Gasteiger partial charge in [-0.3, -0.25) is 0 Å². The average molecular weight is 503 g/mol. The van der Waals surface area contributed by atoms with Gasteiger partial charge in [0.15, 0.2) is 5.75 Å². The summed E-state index contributed by atoms with van der Waals surface area (Å²) in [5.74, 6) is 0.181. The summed E-state index contributed by atoms with van der Waals surface area (Å²) in [6.07, 6.45) is -5.91. The summed E-state index contributed by atoms with van der Waals surface area (Å²) in [5, 5.41) is 40.4. The van der Waals surface area contributed by atoms with Crippen LogP contribution in [0.4, 0.5) is 0 Å². The van der Waals surface area contributed by atoms with Crippen molar-refractivity contribution < 1.29 is 43.8 Å². The maximum Gasteiger partial charge on any atom is 0.383 e. The Balaban J connectivity index is 1.71. The molecule has 10 nitrogen and oxygen atoms in total. The molecule has 0 radical (unpaired) electrons. The Kier molecular flexibility index (Phi) is 8.44. The van der Waals surface area contributed by atoms with Crippen molar-refractivity contribution in [2.75, 3.05) is 13.2 Å². The Bertz CT molecular complexity index is 1190. The van der Waals surface area contributed by atoms with Gasteiger partial charge in [0.1, 0.15) is 42.4 Å². The number of hydrogen-bond donors (Lipinski definition) is 4. The molecule has 0 spiro atoms. The van der Waals surface area contributed by atoms with E-state index >= 15 is 0 Å². The fraction of sp³-hybridized carbons (Fsp3) is 0.423. The number of unbranched alkanes of at least 4 members (excludes halogenated alkanes) is 1. The van der Waals surface area contributed by atoms with Gasteiger partial charge >= 0.3 is 5.63 Å². The van der Waals surface area contributed by atoms with E-state index in [4.69, 9.17) is 23.4 Å². The number of hydrogen-bond acceptors (Lipinski definition) is 10. The third-order valence-corrected chi connectivity index (χ3v) is 5.87. The Morgan fingerprint density at radius 2 is 1.72 bits per heavy atom. The molecule has 1 aromatic heterocycles. The Morgan fingerprint density at radius 3 is 2.44 bits per heavy atom. The van der Waals surface area contributed by atoms with Gasteiger partial charge in [0.05, 0.1) is 18.6 Å². The molecule has 1 aliphatic heterocycles. The zero-order valence-electron chi connectivity index (χ0n) is 19.8. The van der Waals surface area contributed by atoms with Gasteiger partial charge < -0.3 is 43.8 Å². The quantitative estimate of drug-likeness (QED) is 0.239. The van der Waals surface area contributed by atoms with Gasteiger partial charge in [-0.25, -0.2) is 4.79 Å². The summed E-state index contributed by atoms with van der Waals surface area (Å²) in [4.78, 5) is 13.0. The minimum absolute atomic E-state index is 0.0437. The lowest BCUT2D eigenvalue weighted by Gasteiger charge is -2.39. The first-order valence-electron chi connectivity index (χ1n) is 11.8. The molecule has 5 atom stereocenters. The van der Waals surface area contributed by atoms with Crippen LogP contribution >= 0.6 is 0 Å². The van der Waals surface area contributed by atoms with E-state index in [9.17, 15) is 25.2 Å². The van der Waals surface area contributed by atoms with E-state index in [1.54, 1.807) is 18.2 Å². The summed E-state index contributed by atoms with van der Waals surface area (Å²) in [6.45, 7) is 2.02. The van der Waals surface area contributed by atoms with Crippen LogP contribution in [-0.4, -0.2) is 64.3 Å². The second-order valence-electron chi connectivity index (χ2n) is 8.50. The molecule has 0 amide bonds. The minimum atomic E-state index is -1.71. The monoisotopic (exact) mass is 502 g/mol. The van der Waals surface area contributed by atoms with Gasteiger partial charge in [0.25, 0.3) is 5.75 Å². The summed E-state index contributed by atoms with van der Waals surface area (Å²) in [6, 6.07) is 14.2. The van der Waals surface area contributed by atoms with Gasteiger partial charge in [-0.2, -0.15) is 0 Å². The van der Waals surface area contributed by atoms with Crippen molar-refractivity contribution in [2.24, 2.45) is 0 Å². The zero-order chi connectivity index (χ0) is 25.7. The molecule has 0 aliphatic carbocycles. The maximum atomic E-state index is 13.0. The second kappa shape index (κ2) is 11.7. The molecule has 1 aliphatic rings. The highest BCUT2D eigenvalue weighted by atomic mass is 16.7. The largest absolute Gasteiger partial charge is 0.493 e. The highest BCUT2D eigenvalue weighted by Gasteiger charge is 2.45. The van der Waals surface area contributed by atoms with E-state index < -0.39 is 42.9 Å². The number of benzene rings is 2. The van der Waals surface area contributed by atoms with Crippen molar-refractivity contribution in [1.29, 1.82) is 0 Å². The number of aliphatic hydroxyl groups excluding tert-OH is 4. The van der Waals surface area contributed by atoms with Crippen LogP contribution < -0.4 is 19.8 Å². The summed E-state index contributed by atoms with van der Waals surface area (Å²) in [7, 11) is 0. The molecule has 4 N–H and O–H groups in total. The molecule has 3 aromatic rings. The van der Waals surface area contributed by atoms with Gasteiger partial charge in [-0.05, 0) is 24.1 Å². The van der Waals surface area contributed by atoms with Crippen LogP contribution in [-0.2, 0) is 11.3 Å². The topological polar surface area (TPSA) is 148 Å². The SMILES string of the molecule is CCCCOc1ccc2c(OCc3ccccc3)c(O[C@@H]3O[C@H](CO)[C@@H](O)[C@H](O)[C@H]3O)c(=O)oc2c1. The predicted molar refractivity (Wildman–Crippen MR) is 128 cm³/mol. The van der Waals surface area contributed by atoms with Crippen molar-refractivity contribution in [1.82, 2.24) is 0 Å². The predicted octanol–water partition coefficient (Wildman–Crippen LogP) is 1.73. The van der Waals surface area contributed by atoms with E-state index in [1.165, 1.54) is 0 Å². The number of aliphatic hydroxyl groups is 4. The number of fused-ring (bicyclic) bond motifs is 1. The maximum absolute atomic E-state index is 13.0. The Hall–Kier alpha value is -3.15. The van der Waals surface area contributed by atoms with Gasteiger partial charge in [0.2, 0.25) is 6.29 Å². The third-order valence-electron chi connectivity index (χ3n) is 5.87. The number of ether oxygens (including phenoxy) is 4. The van der Waals surface area contributed by atoms with E-state index in [0.717, 1.165) is 18.4 Å². The smallest absolute Gasteiger partial charge is 0.383 e. The van der Waals surface area contributed by atoms with Crippen LogP contribution in [0.1, 0.15) is 25.3 Å². The van der Waals surface area contributed by atoms with E-state index in [2.05, 4.69) is 6.92 Å². The first kappa shape index (κ1) is 25.9. The summed E-state index contributed by atoms with van der Waals surface area (Å²) >= 11 is 0. The van der Waals surface area contributed by atoms with Gasteiger partial charge in [0, 0.05) is 6.07 Å². The fourth-order valence-corrected chi connectivity index (χ4v) is 3.82. The number of rotatable bonds is 10. The van der Waals surface area contributed by atoms with Crippen molar-refractivity contribution in [3.8, 4) is 17.2 Å². The molecule has 4 rings (SSSR count). The lowest BCUT2D eigenvalue weighted by molar-refractivity contribution is -0.278. The molecule has 1 saturated heterocycles. The first-order chi connectivity index (χ1) is 17.4. The summed E-state index contributed by atoms with van der Waals surface area (Å²) in [5.41, 5.74) is 0.128. The van der Waals surface area contributed by atoms with Crippen LogP contribution in [0, 0.1) is 0 Å². The van der Waals surface area contributed by atoms with E-state index in [0.29, 0.717) is 17.7 Å². The highest BCUT2D eigenvalue weighted by Crippen LogP contribution is 2.37. The molecular weight excluding hydrogens is 472 g/mol. The Morgan fingerprint density at radius 1 is 0.944 bits per heavy atom. The molecule has 36 heavy (non-hydrogen) atoms. The third kappa shape index (κ3) is 5.63. The zero-order valence-corrected chi connectivity index (χ0v) is 19.8. The second-order valence-corrected chi connectivity index (χ2v) is 8.50. The molecule has 1 fully saturated rings. The molecule has 0 unspecified atom stereocenters. The van der Waals surface area contributed by atoms with E-state index in [-0.39, 0.29) is 23.7 Å². The van der Waals surface area contributed by atoms with Crippen LogP contribution in [0.2, 0.25) is 0 Å². The molecule has 0 bridgehead atoms. The Labute approximate surface area is 207 Å². The van der Waals surface area contributed by atoms with E-state index in [1.807, 2.05) is 30.3 Å². The van der Waals surface area contributed by atoms with Crippen molar-refractivity contribution >= 4 is 11.0 Å². The molecule has 194 valence electrons. The lowest BCUT2D eigenvalue weighted by Crippen LogP contribution is -2.60. The molecular formula is C26H30O10. The van der Waals surface area contributed by atoms with Crippen LogP contribution in [0.3, 0.4) is 0 Å². The fourth-order valence-electron chi connectivity index (χ4n) is 3.82. The standard InChI is InChI=1S/C26H30O10/c1-2-3-11-32-16-9-10-17-18(12-16)34-25(31)24(23(17)33-14-15-7-5-4-6-8-15)36-26-22(30)21(29)20(28)19(13-27)35-26/h4-10,12,19-22,26-30H,2-3,11,13-14H2,1H3/t19-,20-,21+,22-,26+/m1/s1. The van der Waals surface area contributed by atoms with Crippen LogP contribution in [0.5, 0.6) is 17.2 Å². The van der Waals surface area contributed by atoms with Gasteiger partial charge in [-0.15, -0.1) is 0 Å².